The minimum atomic E-state index is -4.92. The molecule has 0 saturated carbocycles. The van der Waals surface area contributed by atoms with Gasteiger partial charge in [-0.15, -0.1) is 24.0 Å². The first kappa shape index (κ1) is 28.4. The molecule has 3 N–H and O–H groups in total. The lowest BCUT2D eigenvalue weighted by molar-refractivity contribution is -0.272. The summed E-state index contributed by atoms with van der Waals surface area (Å²) in [6.45, 7) is 7.47. The van der Waals surface area contributed by atoms with Crippen LogP contribution >= 0.6 is 24.0 Å². The summed E-state index contributed by atoms with van der Waals surface area (Å²) in [6, 6.07) is 0. The van der Waals surface area contributed by atoms with Crippen LogP contribution < -0.4 is 10.6 Å². The van der Waals surface area contributed by atoms with Crippen LogP contribution in [-0.2, 0) is 17.4 Å². The zero-order valence-corrected chi connectivity index (χ0v) is 20.5. The highest BCUT2D eigenvalue weighted by atomic mass is 127. The molecular formula is C18H32F3IN6O2. The zero-order valence-electron chi connectivity index (χ0n) is 18.2. The lowest BCUT2D eigenvalue weighted by Gasteiger charge is -2.30. The van der Waals surface area contributed by atoms with Crippen molar-refractivity contribution >= 4 is 35.8 Å². The molecule has 0 aliphatic heterocycles. The van der Waals surface area contributed by atoms with Gasteiger partial charge in [0.15, 0.2) is 5.96 Å². The number of alkyl halides is 3. The molecule has 1 aromatic rings. The van der Waals surface area contributed by atoms with Gasteiger partial charge in [-0.3, -0.25) is 9.79 Å². The lowest BCUT2D eigenvalue weighted by atomic mass is 9.98. The van der Waals surface area contributed by atoms with Crippen molar-refractivity contribution in [3.05, 3.63) is 18.2 Å². The van der Waals surface area contributed by atoms with Crippen LogP contribution in [0.4, 0.5) is 13.2 Å². The van der Waals surface area contributed by atoms with E-state index < -0.39 is 29.6 Å². The summed E-state index contributed by atoms with van der Waals surface area (Å²) in [5.74, 6) is -0.477. The average Bonchev–Trinajstić information content (AvgIpc) is 2.97. The number of likely N-dealkylation sites (N-methyl/N-ethyl adjacent to an activating group) is 1. The standard InChI is InChI=1S/C18H31F3N6O2.HI/c1-7-22-15(27(6)12-13(28)25-16(2,3)4)24-9-8-17(29,18(19,20)21)14-23-10-11-26(14)5;/h10-11,29H,7-9,12H2,1-6H3,(H,22,24)(H,25,28);1H. The topological polar surface area (TPSA) is 94.8 Å². The van der Waals surface area contributed by atoms with Crippen molar-refractivity contribution in [2.75, 3.05) is 26.7 Å². The number of amides is 1. The highest BCUT2D eigenvalue weighted by molar-refractivity contribution is 14.0. The number of aryl methyl sites for hydroxylation is 1. The van der Waals surface area contributed by atoms with E-state index in [0.29, 0.717) is 6.54 Å². The number of halogens is 4. The second kappa shape index (κ2) is 11.2. The minimum absolute atomic E-state index is 0. The first-order valence-electron chi connectivity index (χ1n) is 9.28. The van der Waals surface area contributed by atoms with Crippen LogP contribution in [0.25, 0.3) is 0 Å². The lowest BCUT2D eigenvalue weighted by Crippen LogP contribution is -2.49. The predicted molar refractivity (Wildman–Crippen MR) is 120 cm³/mol. The first-order valence-corrected chi connectivity index (χ1v) is 9.28. The first-order chi connectivity index (χ1) is 13.2. The van der Waals surface area contributed by atoms with Crippen molar-refractivity contribution in [1.29, 1.82) is 0 Å². The van der Waals surface area contributed by atoms with Gasteiger partial charge in [-0.05, 0) is 27.7 Å². The van der Waals surface area contributed by atoms with Crippen molar-refractivity contribution < 1.29 is 23.1 Å². The van der Waals surface area contributed by atoms with Crippen molar-refractivity contribution in [3.63, 3.8) is 0 Å². The van der Waals surface area contributed by atoms with Gasteiger partial charge in [0.05, 0.1) is 6.54 Å². The third-order valence-electron chi connectivity index (χ3n) is 3.99. The molecule has 1 aromatic heterocycles. The summed E-state index contributed by atoms with van der Waals surface area (Å²) in [4.78, 5) is 21.4. The van der Waals surface area contributed by atoms with Crippen LogP contribution in [0.3, 0.4) is 0 Å². The van der Waals surface area contributed by atoms with Crippen LogP contribution in [0.5, 0.6) is 0 Å². The Kier molecular flexibility index (Phi) is 10.6. The number of carbonyl (C=O) groups excluding carboxylic acids is 1. The number of carbonyl (C=O) groups is 1. The van der Waals surface area contributed by atoms with Gasteiger partial charge < -0.3 is 25.2 Å². The maximum atomic E-state index is 13.6. The van der Waals surface area contributed by atoms with Gasteiger partial charge in [-0.1, -0.05) is 0 Å². The van der Waals surface area contributed by atoms with Crippen LogP contribution in [-0.4, -0.2) is 69.8 Å². The number of rotatable bonds is 7. The van der Waals surface area contributed by atoms with E-state index in [1.165, 1.54) is 24.3 Å². The Morgan fingerprint density at radius 2 is 1.93 bits per heavy atom. The monoisotopic (exact) mass is 548 g/mol. The fourth-order valence-electron chi connectivity index (χ4n) is 2.69. The second-order valence-electron chi connectivity index (χ2n) is 7.86. The van der Waals surface area contributed by atoms with Gasteiger partial charge in [-0.2, -0.15) is 13.2 Å². The van der Waals surface area contributed by atoms with Crippen molar-refractivity contribution in [1.82, 2.24) is 25.1 Å². The molecule has 1 rings (SSSR count). The van der Waals surface area contributed by atoms with Crippen molar-refractivity contribution in [2.45, 2.75) is 51.4 Å². The number of hydrogen-bond acceptors (Lipinski definition) is 4. The van der Waals surface area contributed by atoms with E-state index in [9.17, 15) is 23.1 Å². The molecule has 1 heterocycles. The van der Waals surface area contributed by atoms with Crippen LogP contribution in [0.15, 0.2) is 17.4 Å². The normalized spacial score (nSPS) is 14.5. The molecule has 0 aliphatic rings. The Bertz CT molecular complexity index is 718. The molecular weight excluding hydrogens is 516 g/mol. The quantitative estimate of drug-likeness (QED) is 0.276. The number of aliphatic imine (C=N–C) groups is 1. The average molecular weight is 548 g/mol. The molecule has 1 unspecified atom stereocenters. The van der Waals surface area contributed by atoms with Gasteiger partial charge >= 0.3 is 6.18 Å². The fourth-order valence-corrected chi connectivity index (χ4v) is 2.69. The molecule has 0 bridgehead atoms. The van der Waals surface area contributed by atoms with Gasteiger partial charge in [-0.25, -0.2) is 4.98 Å². The Hall–Kier alpha value is -1.57. The van der Waals surface area contributed by atoms with Crippen molar-refractivity contribution in [2.24, 2.45) is 12.0 Å². The fraction of sp³-hybridized carbons (Fsp3) is 0.722. The van der Waals surface area contributed by atoms with Gasteiger partial charge in [0.25, 0.3) is 0 Å². The van der Waals surface area contributed by atoms with E-state index >= 15 is 0 Å². The Morgan fingerprint density at radius 3 is 2.37 bits per heavy atom. The number of nitrogens with one attached hydrogen (secondary N) is 2. The summed E-state index contributed by atoms with van der Waals surface area (Å²) in [5.41, 5.74) is -3.53. The second-order valence-corrected chi connectivity index (χ2v) is 7.86. The molecule has 0 radical (unpaired) electrons. The molecule has 1 atom stereocenters. The number of nitrogens with zero attached hydrogens (tertiary/aromatic N) is 4. The Labute approximate surface area is 192 Å². The van der Waals surface area contributed by atoms with Crippen molar-refractivity contribution in [3.8, 4) is 0 Å². The van der Waals surface area contributed by atoms with E-state index in [1.807, 2.05) is 20.8 Å². The molecule has 1 amide bonds. The van der Waals surface area contributed by atoms with Crippen LogP contribution in [0.1, 0.15) is 39.9 Å². The molecule has 30 heavy (non-hydrogen) atoms. The number of aromatic nitrogens is 2. The summed E-state index contributed by atoms with van der Waals surface area (Å²) in [7, 11) is 2.99. The number of imidazole rings is 1. The summed E-state index contributed by atoms with van der Waals surface area (Å²) in [6.07, 6.45) is -3.10. The maximum Gasteiger partial charge on any atom is 0.424 e. The van der Waals surface area contributed by atoms with E-state index in [4.69, 9.17) is 0 Å². The smallest absolute Gasteiger partial charge is 0.374 e. The molecule has 0 spiro atoms. The SMILES string of the molecule is CCNC(=NCCC(O)(c1nccn1C)C(F)(F)F)N(C)CC(=O)NC(C)(C)C.I. The van der Waals surface area contributed by atoms with Gasteiger partial charge in [0.1, 0.15) is 5.82 Å². The van der Waals surface area contributed by atoms with Crippen LogP contribution in [0, 0.1) is 0 Å². The van der Waals surface area contributed by atoms with E-state index in [-0.39, 0.29) is 48.9 Å². The predicted octanol–water partition coefficient (Wildman–Crippen LogP) is 1.99. The third-order valence-corrected chi connectivity index (χ3v) is 3.99. The molecule has 174 valence electrons. The van der Waals surface area contributed by atoms with Gasteiger partial charge in [0, 0.05) is 51.5 Å². The molecule has 0 fully saturated rings. The number of guanidine groups is 1. The zero-order chi connectivity index (χ0) is 22.5. The highest BCUT2D eigenvalue weighted by Crippen LogP contribution is 2.40. The molecule has 0 aliphatic carbocycles. The molecule has 8 nitrogen and oxygen atoms in total. The van der Waals surface area contributed by atoms with E-state index in [1.54, 1.807) is 14.0 Å². The molecule has 12 heteroatoms. The maximum absolute atomic E-state index is 13.6. The van der Waals surface area contributed by atoms with Crippen LogP contribution in [0.2, 0.25) is 0 Å². The van der Waals surface area contributed by atoms with Gasteiger partial charge in [0.2, 0.25) is 11.5 Å². The highest BCUT2D eigenvalue weighted by Gasteiger charge is 2.57. The number of aliphatic hydroxyl groups is 1. The number of hydrogen-bond donors (Lipinski definition) is 3. The Morgan fingerprint density at radius 1 is 1.33 bits per heavy atom. The largest absolute Gasteiger partial charge is 0.424 e. The Balaban J connectivity index is 0.00000841. The van der Waals surface area contributed by atoms with E-state index in [0.717, 1.165) is 4.57 Å². The molecule has 0 aromatic carbocycles. The summed E-state index contributed by atoms with van der Waals surface area (Å²) >= 11 is 0. The molecule has 0 saturated heterocycles. The van der Waals surface area contributed by atoms with E-state index in [2.05, 4.69) is 20.6 Å². The summed E-state index contributed by atoms with van der Waals surface area (Å²) in [5, 5.41) is 16.1. The minimum Gasteiger partial charge on any atom is -0.374 e. The third kappa shape index (κ3) is 7.93. The summed E-state index contributed by atoms with van der Waals surface area (Å²) < 4.78 is 41.9.